The van der Waals surface area contributed by atoms with E-state index in [1.165, 1.54) is 24.8 Å². The largest absolute Gasteiger partial charge is 0.454 e. The summed E-state index contributed by atoms with van der Waals surface area (Å²) in [6, 6.07) is 6.45. The number of nitrogens with one attached hydrogen (secondary N) is 1. The monoisotopic (exact) mass is 329 g/mol. The van der Waals surface area contributed by atoms with Crippen molar-refractivity contribution in [2.75, 3.05) is 33.1 Å². The van der Waals surface area contributed by atoms with Crippen LogP contribution in [0.4, 0.5) is 0 Å². The molecule has 0 spiro atoms. The van der Waals surface area contributed by atoms with Crippen LogP contribution in [0.15, 0.2) is 30.4 Å². The van der Waals surface area contributed by atoms with Crippen molar-refractivity contribution in [3.05, 3.63) is 35.9 Å². The van der Waals surface area contributed by atoms with Crippen molar-refractivity contribution in [3.8, 4) is 11.5 Å². The number of hydrogen-bond acceptors (Lipinski definition) is 4. The average molecular weight is 329 g/mol. The van der Waals surface area contributed by atoms with Crippen LogP contribution in [0.3, 0.4) is 0 Å². The summed E-state index contributed by atoms with van der Waals surface area (Å²) in [5.74, 6) is 2.53. The van der Waals surface area contributed by atoms with Gasteiger partial charge in [-0.15, -0.1) is 0 Å². The van der Waals surface area contributed by atoms with E-state index in [1.807, 2.05) is 0 Å². The Balaban J connectivity index is 1.46. The third kappa shape index (κ3) is 3.31. The fourth-order valence-electron chi connectivity index (χ4n) is 4.11. The van der Waals surface area contributed by atoms with Crippen LogP contribution in [0.1, 0.15) is 37.7 Å². The molecule has 0 saturated carbocycles. The average Bonchev–Trinajstić information content (AvgIpc) is 3.11. The second-order valence-corrected chi connectivity index (χ2v) is 7.24. The first-order chi connectivity index (χ1) is 11.9. The zero-order chi connectivity index (χ0) is 16.2. The second kappa shape index (κ2) is 7.16. The highest BCUT2D eigenvalue weighted by atomic mass is 16.7. The summed E-state index contributed by atoms with van der Waals surface area (Å²) in [6.45, 7) is 4.13. The van der Waals surface area contributed by atoms with Crippen molar-refractivity contribution in [1.29, 1.82) is 0 Å². The summed E-state index contributed by atoms with van der Waals surface area (Å²) in [5.41, 5.74) is 1.50. The lowest BCUT2D eigenvalue weighted by Gasteiger charge is -2.38. The van der Waals surface area contributed by atoms with Crippen LogP contribution < -0.4 is 14.8 Å². The van der Waals surface area contributed by atoms with E-state index < -0.39 is 0 Å². The van der Waals surface area contributed by atoms with Crippen molar-refractivity contribution in [3.63, 3.8) is 0 Å². The van der Waals surface area contributed by atoms with E-state index in [0.29, 0.717) is 6.79 Å². The van der Waals surface area contributed by atoms with Crippen molar-refractivity contribution in [2.45, 2.75) is 37.5 Å². The number of hydrogen-bond donors (Lipinski definition) is 1. The zero-order valence-electron chi connectivity index (χ0n) is 14.3. The molecule has 3 aliphatic rings. The molecule has 1 atom stereocenters. The molecular weight excluding hydrogens is 302 g/mol. The Morgan fingerprint density at radius 3 is 2.79 bits per heavy atom. The van der Waals surface area contributed by atoms with Gasteiger partial charge in [0.2, 0.25) is 6.79 Å². The minimum atomic E-state index is 0.143. The Kier molecular flexibility index (Phi) is 4.76. The fraction of sp³-hybridized carbons (Fsp3) is 0.600. The van der Waals surface area contributed by atoms with E-state index in [0.717, 1.165) is 56.6 Å². The quantitative estimate of drug-likeness (QED) is 0.841. The molecule has 2 aliphatic heterocycles. The normalized spacial score (nSPS) is 24.9. The van der Waals surface area contributed by atoms with E-state index in [4.69, 9.17) is 14.2 Å². The molecule has 0 aromatic heterocycles. The van der Waals surface area contributed by atoms with Gasteiger partial charge in [0.05, 0.1) is 0 Å². The predicted molar refractivity (Wildman–Crippen MR) is 93.6 cm³/mol. The van der Waals surface area contributed by atoms with Crippen molar-refractivity contribution in [1.82, 2.24) is 5.32 Å². The topological polar surface area (TPSA) is 39.7 Å². The van der Waals surface area contributed by atoms with Crippen LogP contribution >= 0.6 is 0 Å². The third-order valence-corrected chi connectivity index (χ3v) is 5.71. The molecule has 0 bridgehead atoms. The molecule has 0 radical (unpaired) electrons. The molecule has 1 unspecified atom stereocenters. The molecule has 2 heterocycles. The van der Waals surface area contributed by atoms with Crippen LogP contribution in [0.25, 0.3) is 0 Å². The highest BCUT2D eigenvalue weighted by molar-refractivity contribution is 5.47. The molecule has 1 N–H and O–H groups in total. The van der Waals surface area contributed by atoms with Gasteiger partial charge in [-0.2, -0.15) is 0 Å². The summed E-state index contributed by atoms with van der Waals surface area (Å²) in [6.07, 6.45) is 10.5. The van der Waals surface area contributed by atoms with Crippen molar-refractivity contribution < 1.29 is 14.2 Å². The Hall–Kier alpha value is -1.52. The number of allylic oxidation sites excluding steroid dienone is 2. The van der Waals surface area contributed by atoms with Gasteiger partial charge in [-0.1, -0.05) is 18.2 Å². The van der Waals surface area contributed by atoms with Gasteiger partial charge in [0.1, 0.15) is 0 Å². The molecule has 130 valence electrons. The Bertz CT molecular complexity index is 593. The fourth-order valence-corrected chi connectivity index (χ4v) is 4.11. The van der Waals surface area contributed by atoms with Crippen LogP contribution in [0.2, 0.25) is 0 Å². The van der Waals surface area contributed by atoms with Crippen LogP contribution in [0.5, 0.6) is 11.5 Å². The molecule has 1 aliphatic carbocycles. The molecule has 4 rings (SSSR count). The van der Waals surface area contributed by atoms with Crippen LogP contribution in [0, 0.1) is 5.92 Å². The first-order valence-corrected chi connectivity index (χ1v) is 9.19. The smallest absolute Gasteiger partial charge is 0.231 e. The predicted octanol–water partition coefficient (Wildman–Crippen LogP) is 3.41. The van der Waals surface area contributed by atoms with E-state index in [-0.39, 0.29) is 5.41 Å². The number of rotatable bonds is 5. The molecule has 4 heteroatoms. The van der Waals surface area contributed by atoms with Crippen LogP contribution in [-0.2, 0) is 10.2 Å². The van der Waals surface area contributed by atoms with E-state index in [2.05, 4.69) is 35.7 Å². The molecular formula is C20H27NO3. The summed E-state index contributed by atoms with van der Waals surface area (Å²) < 4.78 is 16.7. The lowest BCUT2D eigenvalue weighted by atomic mass is 9.74. The first-order valence-electron chi connectivity index (χ1n) is 9.19. The van der Waals surface area contributed by atoms with E-state index in [9.17, 15) is 0 Å². The van der Waals surface area contributed by atoms with E-state index in [1.54, 1.807) is 0 Å². The number of ether oxygens (including phenoxy) is 3. The van der Waals surface area contributed by atoms with Gasteiger partial charge in [-0.3, -0.25) is 0 Å². The maximum absolute atomic E-state index is 5.64. The van der Waals surface area contributed by atoms with E-state index >= 15 is 0 Å². The SMILES string of the molecule is C1=CCC(CNCC2(c3ccc4c(c3)OCO4)CCOCC2)CC1. The lowest BCUT2D eigenvalue weighted by molar-refractivity contribution is 0.0495. The summed E-state index contributed by atoms with van der Waals surface area (Å²) in [4.78, 5) is 0. The molecule has 0 amide bonds. The van der Waals surface area contributed by atoms with Gasteiger partial charge in [0.25, 0.3) is 0 Å². The molecule has 1 aromatic carbocycles. The van der Waals surface area contributed by atoms with Gasteiger partial charge in [-0.25, -0.2) is 0 Å². The highest BCUT2D eigenvalue weighted by Crippen LogP contribution is 2.40. The molecule has 4 nitrogen and oxygen atoms in total. The Morgan fingerprint density at radius 2 is 1.96 bits per heavy atom. The Labute approximate surface area is 144 Å². The summed E-state index contributed by atoms with van der Waals surface area (Å²) >= 11 is 0. The highest BCUT2D eigenvalue weighted by Gasteiger charge is 2.35. The van der Waals surface area contributed by atoms with Crippen molar-refractivity contribution >= 4 is 0 Å². The summed E-state index contributed by atoms with van der Waals surface area (Å²) in [5, 5.41) is 3.77. The standard InChI is InChI=1S/C20H27NO3/c1-2-4-16(5-3-1)13-21-14-20(8-10-22-11-9-20)17-6-7-18-19(12-17)24-15-23-18/h1-2,6-7,12,16,21H,3-5,8-11,13-15H2. The first kappa shape index (κ1) is 16.0. The zero-order valence-corrected chi connectivity index (χ0v) is 14.3. The van der Waals surface area contributed by atoms with Gasteiger partial charge < -0.3 is 19.5 Å². The maximum Gasteiger partial charge on any atom is 0.231 e. The summed E-state index contributed by atoms with van der Waals surface area (Å²) in [7, 11) is 0. The Morgan fingerprint density at radius 1 is 1.08 bits per heavy atom. The minimum Gasteiger partial charge on any atom is -0.454 e. The number of benzene rings is 1. The minimum absolute atomic E-state index is 0.143. The molecule has 24 heavy (non-hydrogen) atoms. The second-order valence-electron chi connectivity index (χ2n) is 7.24. The molecule has 1 saturated heterocycles. The van der Waals surface area contributed by atoms with Gasteiger partial charge in [-0.05, 0) is 62.3 Å². The maximum atomic E-state index is 5.64. The van der Waals surface area contributed by atoms with Gasteiger partial charge in [0.15, 0.2) is 11.5 Å². The molecule has 1 aromatic rings. The number of fused-ring (bicyclic) bond motifs is 1. The van der Waals surface area contributed by atoms with Crippen molar-refractivity contribution in [2.24, 2.45) is 5.92 Å². The van der Waals surface area contributed by atoms with Gasteiger partial charge >= 0.3 is 0 Å². The molecule has 1 fully saturated rings. The van der Waals surface area contributed by atoms with Crippen LogP contribution in [-0.4, -0.2) is 33.1 Å². The third-order valence-electron chi connectivity index (χ3n) is 5.71. The van der Waals surface area contributed by atoms with Gasteiger partial charge in [0, 0.05) is 25.2 Å². The lowest BCUT2D eigenvalue weighted by Crippen LogP contribution is -2.44.